The molecular weight excluding hydrogens is 328 g/mol. The van der Waals surface area contributed by atoms with Gasteiger partial charge in [0.2, 0.25) is 0 Å². The van der Waals surface area contributed by atoms with E-state index in [2.05, 4.69) is 4.98 Å². The first-order chi connectivity index (χ1) is 12.8. The molecule has 3 aromatic rings. The highest BCUT2D eigenvalue weighted by molar-refractivity contribution is 5.94. The van der Waals surface area contributed by atoms with Crippen molar-refractivity contribution in [1.29, 1.82) is 0 Å². The first kappa shape index (κ1) is 17.6. The van der Waals surface area contributed by atoms with Gasteiger partial charge in [-0.1, -0.05) is 24.3 Å². The molecule has 5 nitrogen and oxygen atoms in total. The molecule has 5 heteroatoms. The number of para-hydroxylation sites is 1. The Balaban J connectivity index is 1.70. The van der Waals surface area contributed by atoms with E-state index >= 15 is 0 Å². The van der Waals surface area contributed by atoms with Gasteiger partial charge in [0.05, 0.1) is 6.61 Å². The average molecular weight is 348 g/mol. The molecule has 1 aromatic heterocycles. The van der Waals surface area contributed by atoms with Crippen molar-refractivity contribution in [3.8, 4) is 11.5 Å². The van der Waals surface area contributed by atoms with Gasteiger partial charge in [-0.2, -0.15) is 0 Å². The highest BCUT2D eigenvalue weighted by Crippen LogP contribution is 2.21. The molecule has 0 saturated carbocycles. The van der Waals surface area contributed by atoms with E-state index in [4.69, 9.17) is 4.74 Å². The summed E-state index contributed by atoms with van der Waals surface area (Å²) in [5.74, 6) is 1.26. The summed E-state index contributed by atoms with van der Waals surface area (Å²) < 4.78 is 5.74. The van der Waals surface area contributed by atoms with E-state index in [1.165, 1.54) is 0 Å². The molecule has 0 aliphatic heterocycles. The van der Waals surface area contributed by atoms with Crippen LogP contribution in [0.4, 0.5) is 0 Å². The van der Waals surface area contributed by atoms with Crippen molar-refractivity contribution in [2.24, 2.45) is 0 Å². The van der Waals surface area contributed by atoms with E-state index < -0.39 is 0 Å². The summed E-state index contributed by atoms with van der Waals surface area (Å²) in [6.07, 6.45) is 3.40. The summed E-state index contributed by atoms with van der Waals surface area (Å²) in [5, 5.41) is 9.29. The molecule has 0 fully saturated rings. The van der Waals surface area contributed by atoms with Gasteiger partial charge in [-0.3, -0.25) is 9.78 Å². The van der Waals surface area contributed by atoms with Crippen molar-refractivity contribution in [2.75, 3.05) is 13.2 Å². The van der Waals surface area contributed by atoms with Gasteiger partial charge in [-0.15, -0.1) is 0 Å². The van der Waals surface area contributed by atoms with Crippen molar-refractivity contribution in [3.63, 3.8) is 0 Å². The second-order valence-electron chi connectivity index (χ2n) is 5.75. The van der Waals surface area contributed by atoms with Gasteiger partial charge in [0, 0.05) is 31.0 Å². The van der Waals surface area contributed by atoms with Crippen molar-refractivity contribution in [1.82, 2.24) is 9.88 Å². The zero-order valence-electron chi connectivity index (χ0n) is 14.3. The predicted molar refractivity (Wildman–Crippen MR) is 99.0 cm³/mol. The summed E-state index contributed by atoms with van der Waals surface area (Å²) in [6, 6.07) is 20.2. The third kappa shape index (κ3) is 4.68. The first-order valence-corrected chi connectivity index (χ1v) is 8.38. The van der Waals surface area contributed by atoms with Gasteiger partial charge in [-0.05, 0) is 48.0 Å². The second kappa shape index (κ2) is 8.78. The number of nitrogens with zero attached hydrogens (tertiary/aromatic N) is 2. The Morgan fingerprint density at radius 1 is 0.962 bits per heavy atom. The summed E-state index contributed by atoms with van der Waals surface area (Å²) >= 11 is 0. The molecule has 0 aliphatic carbocycles. The number of carbonyl (C=O) groups is 1. The van der Waals surface area contributed by atoms with E-state index in [9.17, 15) is 9.90 Å². The SMILES string of the molecule is O=C(c1ccc(Oc2ccccc2)cc1)N(CCO)Cc1cccnc1. The van der Waals surface area contributed by atoms with Crippen LogP contribution in [-0.2, 0) is 6.54 Å². The lowest BCUT2D eigenvalue weighted by Crippen LogP contribution is -2.33. The summed E-state index contributed by atoms with van der Waals surface area (Å²) in [5.41, 5.74) is 1.46. The Labute approximate surface area is 152 Å². The second-order valence-corrected chi connectivity index (χ2v) is 5.75. The van der Waals surface area contributed by atoms with E-state index in [1.54, 1.807) is 41.6 Å². The van der Waals surface area contributed by atoms with Crippen LogP contribution in [0, 0.1) is 0 Å². The maximum Gasteiger partial charge on any atom is 0.254 e. The van der Waals surface area contributed by atoms with Gasteiger partial charge in [0.1, 0.15) is 11.5 Å². The molecule has 1 amide bonds. The predicted octanol–water partition coefficient (Wildman–Crippen LogP) is 3.51. The van der Waals surface area contributed by atoms with Crippen LogP contribution in [0.1, 0.15) is 15.9 Å². The average Bonchev–Trinajstić information content (AvgIpc) is 2.69. The lowest BCUT2D eigenvalue weighted by Gasteiger charge is -2.22. The largest absolute Gasteiger partial charge is 0.457 e. The number of rotatable bonds is 7. The molecule has 0 aliphatic rings. The quantitative estimate of drug-likeness (QED) is 0.710. The van der Waals surface area contributed by atoms with Gasteiger partial charge in [0.15, 0.2) is 0 Å². The third-order valence-corrected chi connectivity index (χ3v) is 3.83. The number of carbonyl (C=O) groups excluding carboxylic acids is 1. The molecule has 0 spiro atoms. The van der Waals surface area contributed by atoms with Gasteiger partial charge < -0.3 is 14.7 Å². The molecule has 3 rings (SSSR count). The fourth-order valence-electron chi connectivity index (χ4n) is 2.56. The Hall–Kier alpha value is -3.18. The molecular formula is C21H20N2O3. The van der Waals surface area contributed by atoms with E-state index in [-0.39, 0.29) is 19.1 Å². The highest BCUT2D eigenvalue weighted by Gasteiger charge is 2.16. The van der Waals surface area contributed by atoms with E-state index in [1.807, 2.05) is 42.5 Å². The van der Waals surface area contributed by atoms with Crippen LogP contribution in [0.15, 0.2) is 79.1 Å². The van der Waals surface area contributed by atoms with Crippen LogP contribution in [-0.4, -0.2) is 34.0 Å². The lowest BCUT2D eigenvalue weighted by molar-refractivity contribution is 0.0707. The minimum Gasteiger partial charge on any atom is -0.457 e. The fraction of sp³-hybridized carbons (Fsp3) is 0.143. The maximum absolute atomic E-state index is 12.8. The van der Waals surface area contributed by atoms with Gasteiger partial charge >= 0.3 is 0 Å². The van der Waals surface area contributed by atoms with Gasteiger partial charge in [0.25, 0.3) is 5.91 Å². The van der Waals surface area contributed by atoms with Crippen LogP contribution in [0.5, 0.6) is 11.5 Å². The maximum atomic E-state index is 12.8. The molecule has 0 saturated heterocycles. The van der Waals surface area contributed by atoms with Crippen LogP contribution in [0.3, 0.4) is 0 Å². The molecule has 2 aromatic carbocycles. The zero-order chi connectivity index (χ0) is 18.2. The summed E-state index contributed by atoms with van der Waals surface area (Å²) in [6.45, 7) is 0.562. The molecule has 0 radical (unpaired) electrons. The topological polar surface area (TPSA) is 62.7 Å². The minimum atomic E-state index is -0.144. The van der Waals surface area contributed by atoms with Crippen molar-refractivity contribution in [2.45, 2.75) is 6.54 Å². The van der Waals surface area contributed by atoms with Crippen LogP contribution in [0.2, 0.25) is 0 Å². The Bertz CT molecular complexity index is 821. The van der Waals surface area contributed by atoms with Crippen LogP contribution in [0.25, 0.3) is 0 Å². The summed E-state index contributed by atoms with van der Waals surface area (Å²) in [7, 11) is 0. The third-order valence-electron chi connectivity index (χ3n) is 3.83. The zero-order valence-corrected chi connectivity index (χ0v) is 14.3. The Morgan fingerprint density at radius 2 is 1.69 bits per heavy atom. The van der Waals surface area contributed by atoms with Crippen molar-refractivity contribution >= 4 is 5.91 Å². The number of benzene rings is 2. The summed E-state index contributed by atoms with van der Waals surface area (Å²) in [4.78, 5) is 18.4. The molecule has 0 unspecified atom stereocenters. The van der Waals surface area contributed by atoms with Crippen LogP contribution < -0.4 is 4.74 Å². The minimum absolute atomic E-state index is 0.0960. The molecule has 1 N–H and O–H groups in total. The molecule has 132 valence electrons. The lowest BCUT2D eigenvalue weighted by atomic mass is 10.1. The Morgan fingerprint density at radius 3 is 2.35 bits per heavy atom. The molecule has 0 atom stereocenters. The smallest absolute Gasteiger partial charge is 0.254 e. The number of aromatic nitrogens is 1. The number of pyridine rings is 1. The monoisotopic (exact) mass is 348 g/mol. The highest BCUT2D eigenvalue weighted by atomic mass is 16.5. The van der Waals surface area contributed by atoms with E-state index in [0.29, 0.717) is 17.9 Å². The number of ether oxygens (including phenoxy) is 1. The first-order valence-electron chi connectivity index (χ1n) is 8.38. The molecule has 0 bridgehead atoms. The number of hydrogen-bond acceptors (Lipinski definition) is 4. The number of aliphatic hydroxyl groups is 1. The van der Waals surface area contributed by atoms with Gasteiger partial charge in [-0.25, -0.2) is 0 Å². The van der Waals surface area contributed by atoms with Crippen molar-refractivity contribution in [3.05, 3.63) is 90.3 Å². The fourth-order valence-corrected chi connectivity index (χ4v) is 2.56. The van der Waals surface area contributed by atoms with Crippen LogP contribution >= 0.6 is 0 Å². The van der Waals surface area contributed by atoms with Crippen molar-refractivity contribution < 1.29 is 14.6 Å². The number of amides is 1. The van der Waals surface area contributed by atoms with E-state index in [0.717, 1.165) is 11.3 Å². The number of aliphatic hydroxyl groups excluding tert-OH is 1. The Kier molecular flexibility index (Phi) is 5.96. The standard InChI is InChI=1S/C21H20N2O3/c24-14-13-23(16-17-5-4-12-22-15-17)21(25)18-8-10-20(11-9-18)26-19-6-2-1-3-7-19/h1-12,15,24H,13-14,16H2. The molecule has 1 heterocycles. The molecule has 26 heavy (non-hydrogen) atoms. The normalized spacial score (nSPS) is 10.3. The number of hydrogen-bond donors (Lipinski definition) is 1.